The topological polar surface area (TPSA) is 77.5 Å². The highest BCUT2D eigenvalue weighted by molar-refractivity contribution is 6.09. The van der Waals surface area contributed by atoms with E-state index in [0.29, 0.717) is 17.7 Å². The summed E-state index contributed by atoms with van der Waals surface area (Å²) in [7, 11) is 0. The number of hydrogen-bond acceptors (Lipinski definition) is 4. The molecule has 0 saturated carbocycles. The van der Waals surface area contributed by atoms with Crippen molar-refractivity contribution in [2.24, 2.45) is 4.99 Å². The zero-order valence-electron chi connectivity index (χ0n) is 13.4. The Morgan fingerprint density at radius 3 is 2.80 bits per heavy atom. The summed E-state index contributed by atoms with van der Waals surface area (Å²) >= 11 is 0. The number of aromatic hydroxyl groups is 1. The molecular formula is C20H17N3O2. The van der Waals surface area contributed by atoms with Crippen molar-refractivity contribution >= 4 is 17.5 Å². The van der Waals surface area contributed by atoms with Gasteiger partial charge in [-0.15, -0.1) is 0 Å². The Balaban J connectivity index is 1.69. The van der Waals surface area contributed by atoms with Crippen molar-refractivity contribution < 1.29 is 9.90 Å². The summed E-state index contributed by atoms with van der Waals surface area (Å²) in [5.41, 5.74) is 2.74. The first kappa shape index (κ1) is 15.2. The summed E-state index contributed by atoms with van der Waals surface area (Å²) in [4.78, 5) is 20.4. The van der Waals surface area contributed by atoms with Gasteiger partial charge in [0.25, 0.3) is 0 Å². The monoisotopic (exact) mass is 331 g/mol. The highest BCUT2D eigenvalue weighted by atomic mass is 16.3. The van der Waals surface area contributed by atoms with Crippen LogP contribution in [0, 0.1) is 0 Å². The van der Waals surface area contributed by atoms with Crippen molar-refractivity contribution in [1.29, 1.82) is 0 Å². The normalized spacial score (nSPS) is 15.6. The van der Waals surface area contributed by atoms with Crippen LogP contribution in [0.2, 0.25) is 0 Å². The maximum atomic E-state index is 12.8. The number of aromatic amines is 1. The Kier molecular flexibility index (Phi) is 3.82. The van der Waals surface area contributed by atoms with Crippen LogP contribution in [0.15, 0.2) is 65.8 Å². The molecule has 0 saturated heterocycles. The largest absolute Gasteiger partial charge is 0.508 e. The minimum atomic E-state index is -0.139. The molecule has 0 spiro atoms. The fraction of sp³-hybridized carbons (Fsp3) is 0.100. The number of para-hydroxylation sites is 1. The van der Waals surface area contributed by atoms with E-state index in [-0.39, 0.29) is 17.6 Å². The van der Waals surface area contributed by atoms with Crippen LogP contribution in [0.4, 0.5) is 5.69 Å². The van der Waals surface area contributed by atoms with Crippen LogP contribution < -0.4 is 16.0 Å². The van der Waals surface area contributed by atoms with Crippen LogP contribution in [0.5, 0.6) is 5.75 Å². The van der Waals surface area contributed by atoms with Gasteiger partial charge in [0.05, 0.1) is 12.6 Å². The van der Waals surface area contributed by atoms with E-state index >= 15 is 0 Å². The fourth-order valence-electron chi connectivity index (χ4n) is 2.99. The molecule has 2 heterocycles. The molecule has 2 aromatic carbocycles. The van der Waals surface area contributed by atoms with E-state index in [1.807, 2.05) is 36.4 Å². The molecule has 0 radical (unpaired) electrons. The molecule has 0 amide bonds. The Bertz CT molecular complexity index is 1040. The van der Waals surface area contributed by atoms with E-state index < -0.39 is 0 Å². The SMILES string of the molecule is O=C(c1cccc(O)c1)c1c[nH]c2c1=CC(Nc1ccccc1)CN=2. The van der Waals surface area contributed by atoms with E-state index in [9.17, 15) is 9.90 Å². The molecular weight excluding hydrogens is 314 g/mol. The second-order valence-electron chi connectivity index (χ2n) is 5.97. The van der Waals surface area contributed by atoms with Gasteiger partial charge >= 0.3 is 0 Å². The number of carbonyl (C=O) groups excluding carboxylic acids is 1. The molecule has 1 unspecified atom stereocenters. The molecule has 5 heteroatoms. The zero-order chi connectivity index (χ0) is 17.2. The number of fused-ring (bicyclic) bond motifs is 1. The lowest BCUT2D eigenvalue weighted by Gasteiger charge is -2.16. The Morgan fingerprint density at radius 2 is 2.00 bits per heavy atom. The number of nitrogens with one attached hydrogen (secondary N) is 2. The maximum absolute atomic E-state index is 12.8. The second-order valence-corrected chi connectivity index (χ2v) is 5.97. The number of rotatable bonds is 4. The molecule has 1 atom stereocenters. The molecule has 1 aromatic heterocycles. The summed E-state index contributed by atoms with van der Waals surface area (Å²) in [6.07, 6.45) is 3.71. The number of aromatic nitrogens is 1. The van der Waals surface area contributed by atoms with Crippen LogP contribution in [-0.4, -0.2) is 28.5 Å². The number of phenolic OH excluding ortho intramolecular Hbond substituents is 1. The van der Waals surface area contributed by atoms with Gasteiger partial charge in [-0.2, -0.15) is 0 Å². The predicted molar refractivity (Wildman–Crippen MR) is 96.3 cm³/mol. The molecule has 0 aliphatic carbocycles. The third kappa shape index (κ3) is 3.04. The Labute approximate surface area is 144 Å². The second kappa shape index (κ2) is 6.28. The van der Waals surface area contributed by atoms with Gasteiger partial charge in [-0.25, -0.2) is 0 Å². The van der Waals surface area contributed by atoms with Crippen molar-refractivity contribution in [2.75, 3.05) is 11.9 Å². The minimum Gasteiger partial charge on any atom is -0.508 e. The number of anilines is 1. The van der Waals surface area contributed by atoms with Gasteiger partial charge in [0.15, 0.2) is 5.78 Å². The quantitative estimate of drug-likeness (QED) is 0.639. The van der Waals surface area contributed by atoms with Crippen molar-refractivity contribution in [3.8, 4) is 5.75 Å². The lowest BCUT2D eigenvalue weighted by atomic mass is 10.0. The highest BCUT2D eigenvalue weighted by Crippen LogP contribution is 2.14. The molecule has 3 aromatic rings. The Hall–Kier alpha value is -3.34. The smallest absolute Gasteiger partial charge is 0.195 e. The van der Waals surface area contributed by atoms with Crippen LogP contribution >= 0.6 is 0 Å². The molecule has 5 nitrogen and oxygen atoms in total. The first-order valence-corrected chi connectivity index (χ1v) is 8.10. The summed E-state index contributed by atoms with van der Waals surface area (Å²) in [6.45, 7) is 0.599. The van der Waals surface area contributed by atoms with Crippen molar-refractivity contribution in [3.05, 3.63) is 82.6 Å². The van der Waals surface area contributed by atoms with Crippen molar-refractivity contribution in [1.82, 2.24) is 4.98 Å². The van der Waals surface area contributed by atoms with Crippen molar-refractivity contribution in [2.45, 2.75) is 6.04 Å². The van der Waals surface area contributed by atoms with Crippen LogP contribution in [0.1, 0.15) is 15.9 Å². The van der Waals surface area contributed by atoms with E-state index in [2.05, 4.69) is 15.3 Å². The lowest BCUT2D eigenvalue weighted by molar-refractivity contribution is 0.103. The standard InChI is InChI=1S/C20H17N3O2/c24-16-8-4-5-13(9-16)19(25)18-12-22-20-17(18)10-15(11-21-20)23-14-6-2-1-3-7-14/h1-10,12,15,23-24H,11H2,(H,21,22). The van der Waals surface area contributed by atoms with Gasteiger partial charge in [0.1, 0.15) is 11.2 Å². The minimum absolute atomic E-state index is 0.0152. The predicted octanol–water partition coefficient (Wildman–Crippen LogP) is 1.85. The van der Waals surface area contributed by atoms with E-state index in [1.54, 1.807) is 24.4 Å². The zero-order valence-corrected chi connectivity index (χ0v) is 13.4. The molecule has 3 N–H and O–H groups in total. The van der Waals surface area contributed by atoms with Gasteiger partial charge in [-0.05, 0) is 30.3 Å². The summed E-state index contributed by atoms with van der Waals surface area (Å²) in [5.74, 6) is -0.0623. The fourth-order valence-corrected chi connectivity index (χ4v) is 2.99. The van der Waals surface area contributed by atoms with E-state index in [4.69, 9.17) is 0 Å². The third-order valence-corrected chi connectivity index (χ3v) is 4.19. The average molecular weight is 331 g/mol. The van der Waals surface area contributed by atoms with Crippen molar-refractivity contribution in [3.63, 3.8) is 0 Å². The highest BCUT2D eigenvalue weighted by Gasteiger charge is 2.17. The van der Waals surface area contributed by atoms with Crippen LogP contribution in [0.25, 0.3) is 6.08 Å². The first-order chi connectivity index (χ1) is 12.2. The number of H-pyrrole nitrogens is 1. The summed E-state index contributed by atoms with van der Waals surface area (Å²) in [6, 6.07) is 16.3. The molecule has 124 valence electrons. The van der Waals surface area contributed by atoms with Gasteiger partial charge in [0, 0.05) is 28.2 Å². The summed E-state index contributed by atoms with van der Waals surface area (Å²) < 4.78 is 0. The number of ketones is 1. The molecule has 0 fully saturated rings. The molecule has 0 bridgehead atoms. The third-order valence-electron chi connectivity index (χ3n) is 4.19. The Morgan fingerprint density at radius 1 is 1.16 bits per heavy atom. The maximum Gasteiger partial charge on any atom is 0.195 e. The van der Waals surface area contributed by atoms with Gasteiger partial charge in [0.2, 0.25) is 0 Å². The lowest BCUT2D eigenvalue weighted by Crippen LogP contribution is -2.37. The molecule has 4 rings (SSSR count). The van der Waals surface area contributed by atoms with Crippen LogP contribution in [-0.2, 0) is 0 Å². The van der Waals surface area contributed by atoms with Gasteiger partial charge < -0.3 is 15.4 Å². The number of nitrogens with zero attached hydrogens (tertiary/aromatic N) is 1. The van der Waals surface area contributed by atoms with Gasteiger partial charge in [-0.3, -0.25) is 9.79 Å². The average Bonchev–Trinajstić information content (AvgIpc) is 3.05. The van der Waals surface area contributed by atoms with E-state index in [0.717, 1.165) is 16.4 Å². The molecule has 1 aliphatic rings. The number of benzene rings is 2. The van der Waals surface area contributed by atoms with Gasteiger partial charge in [-0.1, -0.05) is 30.3 Å². The molecule has 1 aliphatic heterocycles. The number of hydrogen-bond donors (Lipinski definition) is 3. The molecule has 25 heavy (non-hydrogen) atoms. The number of phenols is 1. The summed E-state index contributed by atoms with van der Waals surface area (Å²) in [5, 5.41) is 13.8. The van der Waals surface area contributed by atoms with Crippen LogP contribution in [0.3, 0.4) is 0 Å². The van der Waals surface area contributed by atoms with E-state index in [1.165, 1.54) is 6.07 Å². The number of carbonyl (C=O) groups is 1. The first-order valence-electron chi connectivity index (χ1n) is 8.10.